The highest BCUT2D eigenvalue weighted by Crippen LogP contribution is 2.29. The standard InChI is InChI=1S/C12H10Br2N2O2S/c1-7(11(17)16-12-15-4-5-19-12)18-10-3-2-8(13)6-9(10)14/h2-7H,1H3,(H,15,16,17)/t7-/m0/s1. The molecule has 4 nitrogen and oxygen atoms in total. The van der Waals surface area contributed by atoms with Crippen LogP contribution in [0.1, 0.15) is 6.92 Å². The zero-order valence-corrected chi connectivity index (χ0v) is 13.9. The number of carbonyl (C=O) groups excluding carboxylic acids is 1. The van der Waals surface area contributed by atoms with E-state index in [2.05, 4.69) is 42.2 Å². The monoisotopic (exact) mass is 404 g/mol. The summed E-state index contributed by atoms with van der Waals surface area (Å²) in [7, 11) is 0. The van der Waals surface area contributed by atoms with Crippen molar-refractivity contribution in [1.29, 1.82) is 0 Å². The first kappa shape index (κ1) is 14.5. The van der Waals surface area contributed by atoms with Crippen LogP contribution >= 0.6 is 43.2 Å². The van der Waals surface area contributed by atoms with E-state index in [1.807, 2.05) is 12.1 Å². The number of nitrogens with zero attached hydrogens (tertiary/aromatic N) is 1. The van der Waals surface area contributed by atoms with Gasteiger partial charge in [-0.1, -0.05) is 15.9 Å². The van der Waals surface area contributed by atoms with Crippen LogP contribution in [-0.4, -0.2) is 17.0 Å². The Bertz CT molecular complexity index is 575. The number of amides is 1. The highest BCUT2D eigenvalue weighted by atomic mass is 79.9. The van der Waals surface area contributed by atoms with Crippen LogP contribution in [0.2, 0.25) is 0 Å². The van der Waals surface area contributed by atoms with E-state index in [9.17, 15) is 4.79 Å². The molecule has 1 amide bonds. The molecule has 2 rings (SSSR count). The molecule has 0 fully saturated rings. The Morgan fingerprint density at radius 2 is 2.26 bits per heavy atom. The van der Waals surface area contributed by atoms with Gasteiger partial charge in [-0.25, -0.2) is 4.98 Å². The van der Waals surface area contributed by atoms with Crippen molar-refractivity contribution in [1.82, 2.24) is 4.98 Å². The second-order valence-corrected chi connectivity index (χ2v) is 6.33. The summed E-state index contributed by atoms with van der Waals surface area (Å²) in [4.78, 5) is 15.9. The smallest absolute Gasteiger partial charge is 0.266 e. The molecule has 1 aromatic heterocycles. The molecule has 1 aromatic carbocycles. The number of benzene rings is 1. The largest absolute Gasteiger partial charge is 0.480 e. The minimum atomic E-state index is -0.610. The molecule has 0 aliphatic heterocycles. The molecular weight excluding hydrogens is 396 g/mol. The summed E-state index contributed by atoms with van der Waals surface area (Å²) in [6.07, 6.45) is 1.03. The lowest BCUT2D eigenvalue weighted by molar-refractivity contribution is -0.122. The maximum atomic E-state index is 11.9. The van der Waals surface area contributed by atoms with E-state index in [4.69, 9.17) is 4.74 Å². The van der Waals surface area contributed by atoms with Gasteiger partial charge in [0.15, 0.2) is 11.2 Å². The van der Waals surface area contributed by atoms with Crippen molar-refractivity contribution in [2.75, 3.05) is 5.32 Å². The van der Waals surface area contributed by atoms with Gasteiger partial charge in [0, 0.05) is 16.0 Å². The average molecular weight is 406 g/mol. The van der Waals surface area contributed by atoms with Crippen molar-refractivity contribution in [2.45, 2.75) is 13.0 Å². The first-order chi connectivity index (χ1) is 9.06. The summed E-state index contributed by atoms with van der Waals surface area (Å²) < 4.78 is 7.33. The fourth-order valence-electron chi connectivity index (χ4n) is 1.31. The first-order valence-electron chi connectivity index (χ1n) is 5.38. The molecule has 0 aliphatic carbocycles. The van der Waals surface area contributed by atoms with Gasteiger partial charge in [0.25, 0.3) is 5.91 Å². The highest BCUT2D eigenvalue weighted by molar-refractivity contribution is 9.11. The molecular formula is C12H10Br2N2O2S. The molecule has 0 saturated carbocycles. The van der Waals surface area contributed by atoms with Crippen molar-refractivity contribution in [3.63, 3.8) is 0 Å². The molecule has 0 radical (unpaired) electrons. The third-order valence-corrected chi connectivity index (χ3v) is 4.03. The number of anilines is 1. The summed E-state index contributed by atoms with van der Waals surface area (Å²) in [6.45, 7) is 1.69. The maximum Gasteiger partial charge on any atom is 0.266 e. The molecule has 1 atom stereocenters. The Morgan fingerprint density at radius 1 is 1.47 bits per heavy atom. The fourth-order valence-corrected chi connectivity index (χ4v) is 2.98. The second kappa shape index (κ2) is 6.49. The molecule has 0 unspecified atom stereocenters. The van der Waals surface area contributed by atoms with Crippen molar-refractivity contribution in [2.24, 2.45) is 0 Å². The highest BCUT2D eigenvalue weighted by Gasteiger charge is 2.17. The lowest BCUT2D eigenvalue weighted by atomic mass is 10.3. The minimum Gasteiger partial charge on any atom is -0.480 e. The Hall–Kier alpha value is -0.920. The van der Waals surface area contributed by atoms with Crippen LogP contribution in [0.4, 0.5) is 5.13 Å². The van der Waals surface area contributed by atoms with Gasteiger partial charge in [-0.15, -0.1) is 11.3 Å². The SMILES string of the molecule is C[C@H](Oc1ccc(Br)cc1Br)C(=O)Nc1nccs1. The number of halogens is 2. The Labute approximate surface area is 131 Å². The van der Waals surface area contributed by atoms with E-state index in [1.165, 1.54) is 11.3 Å². The number of carbonyl (C=O) groups is 1. The van der Waals surface area contributed by atoms with Gasteiger partial charge < -0.3 is 4.74 Å². The normalized spacial score (nSPS) is 11.9. The van der Waals surface area contributed by atoms with Gasteiger partial charge in [0.1, 0.15) is 5.75 Å². The van der Waals surface area contributed by atoms with Crippen LogP contribution in [0, 0.1) is 0 Å². The summed E-state index contributed by atoms with van der Waals surface area (Å²) in [5.41, 5.74) is 0. The molecule has 2 aromatic rings. The molecule has 0 spiro atoms. The molecule has 1 heterocycles. The maximum absolute atomic E-state index is 11.9. The van der Waals surface area contributed by atoms with Crippen LogP contribution in [0.3, 0.4) is 0 Å². The Morgan fingerprint density at radius 3 is 2.89 bits per heavy atom. The molecule has 19 heavy (non-hydrogen) atoms. The van der Waals surface area contributed by atoms with Gasteiger partial charge in [-0.3, -0.25) is 10.1 Å². The van der Waals surface area contributed by atoms with Crippen LogP contribution in [0.5, 0.6) is 5.75 Å². The zero-order valence-electron chi connectivity index (χ0n) is 9.89. The second-order valence-electron chi connectivity index (χ2n) is 3.66. The van der Waals surface area contributed by atoms with Gasteiger partial charge >= 0.3 is 0 Å². The predicted octanol–water partition coefficient (Wildman–Crippen LogP) is 4.07. The van der Waals surface area contributed by atoms with E-state index in [0.29, 0.717) is 10.9 Å². The average Bonchev–Trinajstić information content (AvgIpc) is 2.85. The van der Waals surface area contributed by atoms with Crippen molar-refractivity contribution in [3.8, 4) is 5.75 Å². The minimum absolute atomic E-state index is 0.232. The van der Waals surface area contributed by atoms with E-state index in [0.717, 1.165) is 8.95 Å². The summed E-state index contributed by atoms with van der Waals surface area (Å²) in [5.74, 6) is 0.384. The van der Waals surface area contributed by atoms with Gasteiger partial charge in [0.2, 0.25) is 0 Å². The van der Waals surface area contributed by atoms with Crippen LogP contribution in [0.25, 0.3) is 0 Å². The van der Waals surface area contributed by atoms with E-state index in [-0.39, 0.29) is 5.91 Å². The number of ether oxygens (including phenoxy) is 1. The summed E-state index contributed by atoms with van der Waals surface area (Å²) >= 11 is 8.11. The topological polar surface area (TPSA) is 51.2 Å². The fraction of sp³-hybridized carbons (Fsp3) is 0.167. The number of hydrogen-bond acceptors (Lipinski definition) is 4. The van der Waals surface area contributed by atoms with Gasteiger partial charge in [0.05, 0.1) is 4.47 Å². The Kier molecular flexibility index (Phi) is 4.95. The first-order valence-corrected chi connectivity index (χ1v) is 7.85. The Balaban J connectivity index is 2.00. The predicted molar refractivity (Wildman–Crippen MR) is 82.7 cm³/mol. The number of aromatic nitrogens is 1. The van der Waals surface area contributed by atoms with Crippen molar-refractivity contribution < 1.29 is 9.53 Å². The van der Waals surface area contributed by atoms with Gasteiger partial charge in [-0.2, -0.15) is 0 Å². The lowest BCUT2D eigenvalue weighted by Crippen LogP contribution is -2.30. The zero-order chi connectivity index (χ0) is 13.8. The van der Waals surface area contributed by atoms with E-state index < -0.39 is 6.10 Å². The lowest BCUT2D eigenvalue weighted by Gasteiger charge is -2.15. The van der Waals surface area contributed by atoms with Gasteiger partial charge in [-0.05, 0) is 41.1 Å². The molecule has 7 heteroatoms. The number of nitrogens with one attached hydrogen (secondary N) is 1. The van der Waals surface area contributed by atoms with E-state index >= 15 is 0 Å². The van der Waals surface area contributed by atoms with Crippen molar-refractivity contribution >= 4 is 54.2 Å². The molecule has 0 saturated heterocycles. The van der Waals surface area contributed by atoms with Crippen LogP contribution < -0.4 is 10.1 Å². The molecule has 0 aliphatic rings. The number of thiazole rings is 1. The molecule has 100 valence electrons. The third-order valence-electron chi connectivity index (χ3n) is 2.23. The van der Waals surface area contributed by atoms with Crippen LogP contribution in [0.15, 0.2) is 38.7 Å². The third kappa shape index (κ3) is 4.02. The molecule has 0 bridgehead atoms. The van der Waals surface area contributed by atoms with Crippen molar-refractivity contribution in [3.05, 3.63) is 38.7 Å². The number of rotatable bonds is 4. The molecule has 1 N–H and O–H groups in total. The summed E-state index contributed by atoms with van der Waals surface area (Å²) in [6, 6.07) is 5.51. The number of hydrogen-bond donors (Lipinski definition) is 1. The van der Waals surface area contributed by atoms with Crippen LogP contribution in [-0.2, 0) is 4.79 Å². The summed E-state index contributed by atoms with van der Waals surface area (Å²) in [5, 5.41) is 5.05. The van der Waals surface area contributed by atoms with E-state index in [1.54, 1.807) is 24.6 Å². The quantitative estimate of drug-likeness (QED) is 0.833.